The first-order valence-corrected chi connectivity index (χ1v) is 9.19. The molecule has 4 aromatic rings. The zero-order chi connectivity index (χ0) is 23.5. The first-order chi connectivity index (χ1) is 15.8. The van der Waals surface area contributed by atoms with Gasteiger partial charge >= 0.3 is 0 Å². The Morgan fingerprint density at radius 2 is 0.697 bits per heavy atom. The fraction of sp³-hybridized carbons (Fsp3) is 0. The average Bonchev–Trinajstić information content (AvgIpc) is 2.76. The highest BCUT2D eigenvalue weighted by Crippen LogP contribution is 2.25. The van der Waals surface area contributed by atoms with Crippen LogP contribution in [0.15, 0.2) is 54.6 Å². The zero-order valence-corrected chi connectivity index (χ0v) is 16.3. The van der Waals surface area contributed by atoms with E-state index in [0.29, 0.717) is 0 Å². The van der Waals surface area contributed by atoms with E-state index in [1.165, 1.54) is 0 Å². The third-order valence-electron chi connectivity index (χ3n) is 4.16. The number of anilines is 6. The Kier molecular flexibility index (Phi) is 5.98. The molecule has 1 heterocycles. The van der Waals surface area contributed by atoms with Crippen molar-refractivity contribution in [3.63, 3.8) is 0 Å². The number of rotatable bonds is 6. The van der Waals surface area contributed by atoms with E-state index >= 15 is 0 Å². The predicted octanol–water partition coefficient (Wildman–Crippen LogP) is 5.94. The molecule has 1 aromatic heterocycles. The highest BCUT2D eigenvalue weighted by atomic mass is 19.1. The van der Waals surface area contributed by atoms with Gasteiger partial charge in [0.15, 0.2) is 0 Å². The van der Waals surface area contributed by atoms with Crippen molar-refractivity contribution in [3.8, 4) is 0 Å². The molecule has 0 bridgehead atoms. The summed E-state index contributed by atoms with van der Waals surface area (Å²) in [5.41, 5.74) is -1.02. The Labute approximate surface area is 182 Å². The van der Waals surface area contributed by atoms with Crippen molar-refractivity contribution < 1.29 is 26.3 Å². The van der Waals surface area contributed by atoms with E-state index < -0.39 is 34.9 Å². The molecule has 0 radical (unpaired) electrons. The Morgan fingerprint density at radius 3 is 0.970 bits per heavy atom. The van der Waals surface area contributed by atoms with E-state index in [2.05, 4.69) is 30.9 Å². The van der Waals surface area contributed by atoms with E-state index in [1.54, 1.807) is 0 Å². The molecule has 0 atom stereocenters. The smallest absolute Gasteiger partial charge is 0.233 e. The summed E-state index contributed by atoms with van der Waals surface area (Å²) < 4.78 is 82.6. The third-order valence-corrected chi connectivity index (χ3v) is 4.16. The standard InChI is InChI=1S/C21H12F6N6/c22-10-1-4-13(25)16(7-10)28-19-31-20(29-17-8-11(23)2-5-14(17)26)33-21(32-19)30-18-9-12(24)3-6-15(18)27/h1-9H,(H3,28,29,30,31,32,33). The molecule has 12 heteroatoms. The van der Waals surface area contributed by atoms with Gasteiger partial charge in [0.05, 0.1) is 17.1 Å². The van der Waals surface area contributed by atoms with E-state index in [-0.39, 0.29) is 34.9 Å². The molecule has 6 nitrogen and oxygen atoms in total. The summed E-state index contributed by atoms with van der Waals surface area (Å²) in [6.45, 7) is 0. The van der Waals surface area contributed by atoms with E-state index in [9.17, 15) is 26.3 Å². The van der Waals surface area contributed by atoms with Crippen molar-refractivity contribution in [2.45, 2.75) is 0 Å². The fourth-order valence-electron chi connectivity index (χ4n) is 2.68. The van der Waals surface area contributed by atoms with Gasteiger partial charge < -0.3 is 16.0 Å². The van der Waals surface area contributed by atoms with E-state index in [1.807, 2.05) is 0 Å². The molecule has 0 amide bonds. The average molecular weight is 462 g/mol. The summed E-state index contributed by atoms with van der Waals surface area (Å²) in [6, 6.07) is 7.77. The van der Waals surface area contributed by atoms with Crippen molar-refractivity contribution in [2.24, 2.45) is 0 Å². The van der Waals surface area contributed by atoms with Gasteiger partial charge in [-0.3, -0.25) is 0 Å². The van der Waals surface area contributed by atoms with Crippen LogP contribution in [-0.4, -0.2) is 15.0 Å². The van der Waals surface area contributed by atoms with Crippen LogP contribution in [0.25, 0.3) is 0 Å². The van der Waals surface area contributed by atoms with Gasteiger partial charge in [0.2, 0.25) is 17.8 Å². The number of benzene rings is 3. The number of nitrogens with zero attached hydrogens (tertiary/aromatic N) is 3. The van der Waals surface area contributed by atoms with Crippen molar-refractivity contribution in [3.05, 3.63) is 89.5 Å². The normalized spacial score (nSPS) is 10.7. The van der Waals surface area contributed by atoms with Gasteiger partial charge in [-0.1, -0.05) is 0 Å². The van der Waals surface area contributed by atoms with Crippen LogP contribution in [0.5, 0.6) is 0 Å². The predicted molar refractivity (Wildman–Crippen MR) is 109 cm³/mol. The largest absolute Gasteiger partial charge is 0.321 e. The van der Waals surface area contributed by atoms with Crippen molar-refractivity contribution in [1.82, 2.24) is 15.0 Å². The molecule has 168 valence electrons. The Balaban J connectivity index is 1.74. The zero-order valence-electron chi connectivity index (χ0n) is 16.3. The molecule has 4 rings (SSSR count). The summed E-state index contributed by atoms with van der Waals surface area (Å²) in [6.07, 6.45) is 0. The van der Waals surface area contributed by atoms with Gasteiger partial charge in [-0.15, -0.1) is 0 Å². The number of hydrogen-bond acceptors (Lipinski definition) is 6. The molecule has 0 spiro atoms. The molecule has 0 saturated heterocycles. The maximum absolute atomic E-state index is 14.0. The van der Waals surface area contributed by atoms with Crippen LogP contribution >= 0.6 is 0 Å². The van der Waals surface area contributed by atoms with Gasteiger partial charge in [-0.25, -0.2) is 26.3 Å². The lowest BCUT2D eigenvalue weighted by atomic mass is 10.3. The lowest BCUT2D eigenvalue weighted by Gasteiger charge is -2.12. The second kappa shape index (κ2) is 9.02. The van der Waals surface area contributed by atoms with Crippen LogP contribution in [0.1, 0.15) is 0 Å². The van der Waals surface area contributed by atoms with Crippen LogP contribution in [0.3, 0.4) is 0 Å². The highest BCUT2D eigenvalue weighted by molar-refractivity contribution is 5.62. The SMILES string of the molecule is Fc1ccc(F)c(Nc2nc(Nc3cc(F)ccc3F)nc(Nc3cc(F)ccc3F)n2)c1. The Hall–Kier alpha value is -4.35. The van der Waals surface area contributed by atoms with Crippen molar-refractivity contribution >= 4 is 34.9 Å². The maximum atomic E-state index is 14.0. The molecular weight excluding hydrogens is 450 g/mol. The molecule has 3 aromatic carbocycles. The first kappa shape index (κ1) is 21.9. The van der Waals surface area contributed by atoms with Crippen LogP contribution in [0.2, 0.25) is 0 Å². The summed E-state index contributed by atoms with van der Waals surface area (Å²) in [7, 11) is 0. The van der Waals surface area contributed by atoms with Crippen molar-refractivity contribution in [2.75, 3.05) is 16.0 Å². The summed E-state index contributed by atoms with van der Waals surface area (Å²) in [5, 5.41) is 7.27. The molecule has 0 aliphatic carbocycles. The van der Waals surface area contributed by atoms with E-state index in [0.717, 1.165) is 54.6 Å². The lowest BCUT2D eigenvalue weighted by Crippen LogP contribution is -2.09. The Morgan fingerprint density at radius 1 is 0.424 bits per heavy atom. The number of hydrogen-bond donors (Lipinski definition) is 3. The van der Waals surface area contributed by atoms with Gasteiger partial charge in [0.1, 0.15) is 34.9 Å². The molecule has 0 aliphatic heterocycles. The number of nitrogens with one attached hydrogen (secondary N) is 3. The van der Waals surface area contributed by atoms with Crippen molar-refractivity contribution in [1.29, 1.82) is 0 Å². The first-order valence-electron chi connectivity index (χ1n) is 9.19. The molecule has 0 unspecified atom stereocenters. The molecule has 0 aliphatic rings. The van der Waals surface area contributed by atoms with Gasteiger partial charge in [0, 0.05) is 18.2 Å². The van der Waals surface area contributed by atoms with Crippen LogP contribution in [0, 0.1) is 34.9 Å². The minimum atomic E-state index is -0.840. The van der Waals surface area contributed by atoms with Crippen LogP contribution < -0.4 is 16.0 Å². The maximum Gasteiger partial charge on any atom is 0.233 e. The van der Waals surface area contributed by atoms with Crippen LogP contribution in [-0.2, 0) is 0 Å². The highest BCUT2D eigenvalue weighted by Gasteiger charge is 2.14. The molecule has 3 N–H and O–H groups in total. The van der Waals surface area contributed by atoms with Crippen LogP contribution in [0.4, 0.5) is 61.2 Å². The second-order valence-corrected chi connectivity index (χ2v) is 6.55. The quantitative estimate of drug-likeness (QED) is 0.308. The Bertz CT molecular complexity index is 1160. The fourth-order valence-corrected chi connectivity index (χ4v) is 2.68. The van der Waals surface area contributed by atoms with Gasteiger partial charge in [0.25, 0.3) is 0 Å². The number of halogens is 6. The molecule has 0 saturated carbocycles. The molecule has 0 fully saturated rings. The second-order valence-electron chi connectivity index (χ2n) is 6.55. The number of aromatic nitrogens is 3. The summed E-state index contributed by atoms with van der Waals surface area (Å²) in [4.78, 5) is 11.7. The minimum Gasteiger partial charge on any atom is -0.321 e. The summed E-state index contributed by atoms with van der Waals surface area (Å²) >= 11 is 0. The summed E-state index contributed by atoms with van der Waals surface area (Å²) in [5.74, 6) is -5.89. The lowest BCUT2D eigenvalue weighted by molar-refractivity contribution is 0.603. The van der Waals surface area contributed by atoms with E-state index in [4.69, 9.17) is 0 Å². The monoisotopic (exact) mass is 462 g/mol. The topological polar surface area (TPSA) is 74.8 Å². The molecular formula is C21H12F6N6. The minimum absolute atomic E-state index is 0.341. The van der Waals surface area contributed by atoms with Gasteiger partial charge in [-0.05, 0) is 36.4 Å². The molecule has 33 heavy (non-hydrogen) atoms. The third kappa shape index (κ3) is 5.29. The van der Waals surface area contributed by atoms with Gasteiger partial charge in [-0.2, -0.15) is 15.0 Å².